The number of nitrogens with one attached hydrogen (secondary N) is 1. The van der Waals surface area contributed by atoms with Gasteiger partial charge in [0.1, 0.15) is 5.76 Å². The summed E-state index contributed by atoms with van der Waals surface area (Å²) in [6.07, 6.45) is 0.940. The number of hydrogen-bond donors (Lipinski definition) is 1. The lowest BCUT2D eigenvalue weighted by molar-refractivity contribution is 0.405. The van der Waals surface area contributed by atoms with Crippen molar-refractivity contribution in [2.45, 2.75) is 26.3 Å². The van der Waals surface area contributed by atoms with Crippen LogP contribution in [0.25, 0.3) is 0 Å². The molecule has 0 spiro atoms. The monoisotopic (exact) mass is 307 g/mol. The van der Waals surface area contributed by atoms with E-state index in [-0.39, 0.29) is 6.04 Å². The van der Waals surface area contributed by atoms with Gasteiger partial charge >= 0.3 is 0 Å². The molecule has 1 aromatic carbocycles. The number of benzene rings is 1. The van der Waals surface area contributed by atoms with Crippen LogP contribution in [0.4, 0.5) is 0 Å². The van der Waals surface area contributed by atoms with E-state index in [4.69, 9.17) is 4.42 Å². The largest absolute Gasteiger partial charge is 0.453 e. The Morgan fingerprint density at radius 2 is 2.11 bits per heavy atom. The average molecular weight is 308 g/mol. The number of furan rings is 1. The third-order valence-corrected chi connectivity index (χ3v) is 3.34. The van der Waals surface area contributed by atoms with Gasteiger partial charge in [-0.1, -0.05) is 36.8 Å². The van der Waals surface area contributed by atoms with Gasteiger partial charge < -0.3 is 9.73 Å². The lowest BCUT2D eigenvalue weighted by Crippen LogP contribution is -2.22. The number of hydrogen-bond acceptors (Lipinski definition) is 2. The van der Waals surface area contributed by atoms with Gasteiger partial charge in [-0.15, -0.1) is 0 Å². The molecule has 96 valence electrons. The Bertz CT molecular complexity index is 507. The first-order chi connectivity index (χ1) is 8.69. The predicted octanol–water partition coefficient (Wildman–Crippen LogP) is 4.24. The van der Waals surface area contributed by atoms with Crippen molar-refractivity contribution in [3.63, 3.8) is 0 Å². The minimum atomic E-state index is 0.225. The molecule has 2 rings (SSSR count). The van der Waals surface area contributed by atoms with Gasteiger partial charge in [-0.2, -0.15) is 0 Å². The summed E-state index contributed by atoms with van der Waals surface area (Å²) < 4.78 is 6.44. The Labute approximate surface area is 117 Å². The van der Waals surface area contributed by atoms with Gasteiger partial charge in [-0.3, -0.25) is 0 Å². The fraction of sp³-hybridized carbons (Fsp3) is 0.333. The molecule has 2 nitrogen and oxygen atoms in total. The third kappa shape index (κ3) is 3.47. The van der Waals surface area contributed by atoms with Crippen molar-refractivity contribution in [2.75, 3.05) is 6.54 Å². The zero-order chi connectivity index (χ0) is 13.0. The van der Waals surface area contributed by atoms with Crippen molar-refractivity contribution in [1.29, 1.82) is 0 Å². The van der Waals surface area contributed by atoms with Crippen LogP contribution in [0, 0.1) is 6.92 Å². The molecule has 0 aliphatic heterocycles. The second kappa shape index (κ2) is 6.21. The summed E-state index contributed by atoms with van der Waals surface area (Å²) in [5, 5.41) is 3.47. The summed E-state index contributed by atoms with van der Waals surface area (Å²) in [6, 6.07) is 12.8. The fourth-order valence-electron chi connectivity index (χ4n) is 2.11. The number of likely N-dealkylation sites (N-methyl/N-ethyl adjacent to an activating group) is 1. The summed E-state index contributed by atoms with van der Waals surface area (Å²) >= 11 is 3.35. The summed E-state index contributed by atoms with van der Waals surface area (Å²) in [7, 11) is 0. The molecule has 0 saturated carbocycles. The molecule has 0 aliphatic carbocycles. The molecule has 3 heteroatoms. The molecule has 0 fully saturated rings. The van der Waals surface area contributed by atoms with Crippen molar-refractivity contribution in [3.05, 3.63) is 58.0 Å². The van der Waals surface area contributed by atoms with Gasteiger partial charge in [0.15, 0.2) is 4.67 Å². The maximum atomic E-state index is 5.65. The molecular formula is C15H18BrNO. The molecule has 18 heavy (non-hydrogen) atoms. The molecule has 2 aromatic rings. The number of aryl methyl sites for hydroxylation is 1. The lowest BCUT2D eigenvalue weighted by Gasteiger charge is -2.15. The maximum absolute atomic E-state index is 5.65. The molecule has 1 aromatic heterocycles. The van der Waals surface area contributed by atoms with Crippen LogP contribution in [0.5, 0.6) is 0 Å². The van der Waals surface area contributed by atoms with Crippen molar-refractivity contribution in [3.8, 4) is 0 Å². The predicted molar refractivity (Wildman–Crippen MR) is 77.7 cm³/mol. The van der Waals surface area contributed by atoms with E-state index < -0.39 is 0 Å². The van der Waals surface area contributed by atoms with E-state index in [2.05, 4.69) is 59.4 Å². The maximum Gasteiger partial charge on any atom is 0.169 e. The van der Waals surface area contributed by atoms with E-state index in [0.29, 0.717) is 0 Å². The highest BCUT2D eigenvalue weighted by Gasteiger charge is 2.14. The van der Waals surface area contributed by atoms with E-state index in [1.54, 1.807) is 0 Å². The second-order valence-electron chi connectivity index (χ2n) is 4.45. The molecular weight excluding hydrogens is 290 g/mol. The van der Waals surface area contributed by atoms with E-state index in [0.717, 1.165) is 23.4 Å². The normalized spacial score (nSPS) is 12.6. The molecule has 0 saturated heterocycles. The van der Waals surface area contributed by atoms with Crippen molar-refractivity contribution in [2.24, 2.45) is 0 Å². The summed E-state index contributed by atoms with van der Waals surface area (Å²) in [4.78, 5) is 0. The Hall–Kier alpha value is -1.06. The van der Waals surface area contributed by atoms with Crippen LogP contribution in [0.1, 0.15) is 29.9 Å². The molecule has 1 heterocycles. The van der Waals surface area contributed by atoms with Crippen LogP contribution in [0.15, 0.2) is 45.5 Å². The standard InChI is InChI=1S/C15H18BrNO/c1-3-17-13(14-7-8-15(16)18-14)10-12-6-4-5-11(2)9-12/h4-9,13,17H,3,10H2,1-2H3. The molecule has 0 radical (unpaired) electrons. The van der Waals surface area contributed by atoms with Crippen molar-refractivity contribution < 1.29 is 4.42 Å². The van der Waals surface area contributed by atoms with Crippen LogP contribution < -0.4 is 5.32 Å². The first kappa shape index (κ1) is 13.4. The van der Waals surface area contributed by atoms with Gasteiger partial charge in [-0.25, -0.2) is 0 Å². The number of halogens is 1. The lowest BCUT2D eigenvalue weighted by atomic mass is 10.0. The zero-order valence-corrected chi connectivity index (χ0v) is 12.3. The van der Waals surface area contributed by atoms with Gasteiger partial charge in [0.2, 0.25) is 0 Å². The van der Waals surface area contributed by atoms with Crippen molar-refractivity contribution >= 4 is 15.9 Å². The summed E-state index contributed by atoms with van der Waals surface area (Å²) in [6.45, 7) is 5.16. The van der Waals surface area contributed by atoms with Crippen LogP contribution >= 0.6 is 15.9 Å². The van der Waals surface area contributed by atoms with E-state index in [1.165, 1.54) is 11.1 Å². The highest BCUT2D eigenvalue weighted by Crippen LogP contribution is 2.23. The smallest absolute Gasteiger partial charge is 0.169 e. The molecule has 1 N–H and O–H groups in total. The SMILES string of the molecule is CCNC(Cc1cccc(C)c1)c1ccc(Br)o1. The van der Waals surface area contributed by atoms with Crippen LogP contribution in [0.2, 0.25) is 0 Å². The summed E-state index contributed by atoms with van der Waals surface area (Å²) in [5.41, 5.74) is 2.62. The Balaban J connectivity index is 2.16. The molecule has 1 atom stereocenters. The van der Waals surface area contributed by atoms with E-state index >= 15 is 0 Å². The van der Waals surface area contributed by atoms with Crippen LogP contribution in [-0.4, -0.2) is 6.54 Å². The first-order valence-corrected chi connectivity index (χ1v) is 7.02. The number of rotatable bonds is 5. The fourth-order valence-corrected chi connectivity index (χ4v) is 2.43. The Kier molecular flexibility index (Phi) is 4.61. The first-order valence-electron chi connectivity index (χ1n) is 6.23. The third-order valence-electron chi connectivity index (χ3n) is 2.91. The molecule has 0 bridgehead atoms. The molecule has 0 aliphatic rings. The Morgan fingerprint density at radius 1 is 1.28 bits per heavy atom. The summed E-state index contributed by atoms with van der Waals surface area (Å²) in [5.74, 6) is 0.977. The van der Waals surface area contributed by atoms with Gasteiger partial charge in [0.25, 0.3) is 0 Å². The van der Waals surface area contributed by atoms with Crippen LogP contribution in [0.3, 0.4) is 0 Å². The quantitative estimate of drug-likeness (QED) is 0.893. The van der Waals surface area contributed by atoms with Crippen LogP contribution in [-0.2, 0) is 6.42 Å². The average Bonchev–Trinajstić information content (AvgIpc) is 2.75. The van der Waals surface area contributed by atoms with Crippen molar-refractivity contribution in [1.82, 2.24) is 5.32 Å². The van der Waals surface area contributed by atoms with E-state index in [1.807, 2.05) is 12.1 Å². The zero-order valence-electron chi connectivity index (χ0n) is 10.7. The Morgan fingerprint density at radius 3 is 2.72 bits per heavy atom. The minimum Gasteiger partial charge on any atom is -0.453 e. The van der Waals surface area contributed by atoms with Gasteiger partial charge in [-0.05, 0) is 53.5 Å². The van der Waals surface area contributed by atoms with Gasteiger partial charge in [0, 0.05) is 0 Å². The minimum absolute atomic E-state index is 0.225. The molecule has 0 amide bonds. The van der Waals surface area contributed by atoms with E-state index in [9.17, 15) is 0 Å². The topological polar surface area (TPSA) is 25.2 Å². The second-order valence-corrected chi connectivity index (χ2v) is 5.23. The van der Waals surface area contributed by atoms with Gasteiger partial charge in [0.05, 0.1) is 6.04 Å². The highest BCUT2D eigenvalue weighted by atomic mass is 79.9. The molecule has 1 unspecified atom stereocenters. The highest BCUT2D eigenvalue weighted by molar-refractivity contribution is 9.10.